The van der Waals surface area contributed by atoms with E-state index in [1.165, 1.54) is 18.5 Å². The monoisotopic (exact) mass is 344 g/mol. The highest BCUT2D eigenvalue weighted by Crippen LogP contribution is 2.25. The van der Waals surface area contributed by atoms with Crippen LogP contribution in [0.2, 0.25) is 5.02 Å². The number of hydrogen-bond donors (Lipinski definition) is 1. The Kier molecular flexibility index (Phi) is 5.26. The van der Waals surface area contributed by atoms with Crippen molar-refractivity contribution in [3.05, 3.63) is 53.6 Å². The molecule has 0 bridgehead atoms. The number of rotatable bonds is 5. The third-order valence-electron chi connectivity index (χ3n) is 4.12. The van der Waals surface area contributed by atoms with E-state index in [2.05, 4.69) is 10.2 Å². The molecular formula is C19H21ClN2O2. The van der Waals surface area contributed by atoms with Crippen LogP contribution >= 0.6 is 11.6 Å². The molecule has 2 aromatic carbocycles. The molecule has 0 radical (unpaired) electrons. The van der Waals surface area contributed by atoms with Gasteiger partial charge in [0.25, 0.3) is 5.91 Å². The van der Waals surface area contributed by atoms with Crippen molar-refractivity contribution in [3.8, 4) is 5.75 Å². The molecule has 1 amide bonds. The number of benzene rings is 2. The normalized spacial score (nSPS) is 15.2. The Hall–Kier alpha value is -2.20. The van der Waals surface area contributed by atoms with Crippen molar-refractivity contribution in [1.29, 1.82) is 0 Å². The van der Waals surface area contributed by atoms with Crippen molar-refractivity contribution in [1.82, 2.24) is 0 Å². The van der Waals surface area contributed by atoms with E-state index in [1.807, 2.05) is 36.4 Å². The first-order chi connectivity index (χ1) is 11.6. The van der Waals surface area contributed by atoms with Gasteiger partial charge in [-0.25, -0.2) is 0 Å². The minimum absolute atomic E-state index is 0.205. The molecule has 1 N–H and O–H groups in total. The Bertz CT molecular complexity index is 697. The second-order valence-corrected chi connectivity index (χ2v) is 6.33. The van der Waals surface area contributed by atoms with Crippen molar-refractivity contribution in [2.24, 2.45) is 0 Å². The maximum atomic E-state index is 12.3. The van der Waals surface area contributed by atoms with Crippen molar-refractivity contribution < 1.29 is 9.53 Å². The Morgan fingerprint density at radius 2 is 1.79 bits per heavy atom. The third kappa shape index (κ3) is 4.01. The van der Waals surface area contributed by atoms with E-state index in [0.717, 1.165) is 18.8 Å². The molecule has 4 nitrogen and oxygen atoms in total. The van der Waals surface area contributed by atoms with Crippen LogP contribution in [-0.4, -0.2) is 25.1 Å². The maximum absolute atomic E-state index is 12.3. The Morgan fingerprint density at radius 1 is 1.12 bits per heavy atom. The van der Waals surface area contributed by atoms with Gasteiger partial charge in [-0.1, -0.05) is 23.7 Å². The zero-order chi connectivity index (χ0) is 16.9. The second kappa shape index (κ2) is 7.58. The van der Waals surface area contributed by atoms with Gasteiger partial charge < -0.3 is 15.0 Å². The van der Waals surface area contributed by atoms with E-state index in [4.69, 9.17) is 16.3 Å². The van der Waals surface area contributed by atoms with Crippen LogP contribution in [0.25, 0.3) is 0 Å². The van der Waals surface area contributed by atoms with E-state index in [-0.39, 0.29) is 5.91 Å². The molecule has 5 heteroatoms. The predicted molar refractivity (Wildman–Crippen MR) is 98.1 cm³/mol. The van der Waals surface area contributed by atoms with Gasteiger partial charge in [0.05, 0.1) is 5.02 Å². The average molecular weight is 345 g/mol. The van der Waals surface area contributed by atoms with Crippen LogP contribution in [0.5, 0.6) is 5.75 Å². The molecule has 1 saturated heterocycles. The van der Waals surface area contributed by atoms with Gasteiger partial charge in [-0.05, 0) is 56.2 Å². The van der Waals surface area contributed by atoms with E-state index in [1.54, 1.807) is 19.1 Å². The number of amides is 1. The molecule has 126 valence electrons. The molecule has 2 aromatic rings. The fourth-order valence-electron chi connectivity index (χ4n) is 2.76. The SMILES string of the molecule is C[C@H](Oc1ccccc1Cl)C(=O)Nc1ccc(N2CCCC2)cc1. The summed E-state index contributed by atoms with van der Waals surface area (Å²) in [6, 6.07) is 15.1. The Labute approximate surface area is 147 Å². The van der Waals surface area contributed by atoms with Crippen LogP contribution in [-0.2, 0) is 4.79 Å². The fourth-order valence-corrected chi connectivity index (χ4v) is 2.94. The van der Waals surface area contributed by atoms with Gasteiger partial charge in [0.15, 0.2) is 6.10 Å². The van der Waals surface area contributed by atoms with Crippen LogP contribution in [0, 0.1) is 0 Å². The molecule has 1 aliphatic rings. The molecule has 1 aliphatic heterocycles. The number of para-hydroxylation sites is 1. The maximum Gasteiger partial charge on any atom is 0.265 e. The fraction of sp³-hybridized carbons (Fsp3) is 0.316. The quantitative estimate of drug-likeness (QED) is 0.876. The van der Waals surface area contributed by atoms with Crippen LogP contribution in [0.4, 0.5) is 11.4 Å². The van der Waals surface area contributed by atoms with Crippen LogP contribution in [0.1, 0.15) is 19.8 Å². The Balaban J connectivity index is 1.58. The van der Waals surface area contributed by atoms with Gasteiger partial charge >= 0.3 is 0 Å². The highest BCUT2D eigenvalue weighted by molar-refractivity contribution is 6.32. The van der Waals surface area contributed by atoms with E-state index < -0.39 is 6.10 Å². The number of halogens is 1. The lowest BCUT2D eigenvalue weighted by Crippen LogP contribution is -2.30. The number of ether oxygens (including phenoxy) is 1. The molecule has 0 spiro atoms. The minimum atomic E-state index is -0.636. The largest absolute Gasteiger partial charge is 0.479 e. The van der Waals surface area contributed by atoms with Gasteiger partial charge in [0, 0.05) is 24.5 Å². The molecule has 0 unspecified atom stereocenters. The van der Waals surface area contributed by atoms with Crippen molar-refractivity contribution >= 4 is 28.9 Å². The van der Waals surface area contributed by atoms with E-state index in [9.17, 15) is 4.79 Å². The molecule has 0 aliphatic carbocycles. The smallest absolute Gasteiger partial charge is 0.265 e. The number of carbonyl (C=O) groups excluding carboxylic acids is 1. The molecule has 24 heavy (non-hydrogen) atoms. The van der Waals surface area contributed by atoms with Crippen LogP contribution < -0.4 is 15.0 Å². The average Bonchev–Trinajstić information content (AvgIpc) is 3.12. The summed E-state index contributed by atoms with van der Waals surface area (Å²) in [5, 5.41) is 3.37. The van der Waals surface area contributed by atoms with Gasteiger partial charge in [-0.2, -0.15) is 0 Å². The predicted octanol–water partition coefficient (Wildman–Crippen LogP) is 4.35. The highest BCUT2D eigenvalue weighted by atomic mass is 35.5. The molecule has 3 rings (SSSR count). The lowest BCUT2D eigenvalue weighted by molar-refractivity contribution is -0.122. The summed E-state index contributed by atoms with van der Waals surface area (Å²) in [5.41, 5.74) is 1.96. The zero-order valence-electron chi connectivity index (χ0n) is 13.7. The molecule has 1 atom stereocenters. The molecule has 0 saturated carbocycles. The second-order valence-electron chi connectivity index (χ2n) is 5.92. The number of carbonyl (C=O) groups is 1. The van der Waals surface area contributed by atoms with Crippen LogP contribution in [0.3, 0.4) is 0 Å². The number of hydrogen-bond acceptors (Lipinski definition) is 3. The van der Waals surface area contributed by atoms with Crippen molar-refractivity contribution in [2.45, 2.75) is 25.9 Å². The summed E-state index contributed by atoms with van der Waals surface area (Å²) >= 11 is 6.05. The minimum Gasteiger partial charge on any atom is -0.479 e. The summed E-state index contributed by atoms with van der Waals surface area (Å²) in [5.74, 6) is 0.301. The van der Waals surface area contributed by atoms with Crippen LogP contribution in [0.15, 0.2) is 48.5 Å². The first kappa shape index (κ1) is 16.7. The summed E-state index contributed by atoms with van der Waals surface area (Å²) in [4.78, 5) is 14.6. The summed E-state index contributed by atoms with van der Waals surface area (Å²) < 4.78 is 5.63. The van der Waals surface area contributed by atoms with E-state index in [0.29, 0.717) is 10.8 Å². The van der Waals surface area contributed by atoms with Crippen molar-refractivity contribution in [2.75, 3.05) is 23.3 Å². The summed E-state index contributed by atoms with van der Waals surface area (Å²) in [6.07, 6.45) is 1.85. The first-order valence-electron chi connectivity index (χ1n) is 8.20. The molecular weight excluding hydrogens is 324 g/mol. The first-order valence-corrected chi connectivity index (χ1v) is 8.58. The third-order valence-corrected chi connectivity index (χ3v) is 4.43. The summed E-state index contributed by atoms with van der Waals surface area (Å²) in [7, 11) is 0. The van der Waals surface area contributed by atoms with Gasteiger partial charge in [0.2, 0.25) is 0 Å². The molecule has 1 fully saturated rings. The topological polar surface area (TPSA) is 41.6 Å². The van der Waals surface area contributed by atoms with Gasteiger partial charge in [-0.3, -0.25) is 4.79 Å². The number of anilines is 2. The van der Waals surface area contributed by atoms with Gasteiger partial charge in [0.1, 0.15) is 5.75 Å². The Morgan fingerprint density at radius 3 is 2.46 bits per heavy atom. The number of nitrogens with zero attached hydrogens (tertiary/aromatic N) is 1. The standard InChI is InChI=1S/C19H21ClN2O2/c1-14(24-18-7-3-2-6-17(18)20)19(23)21-15-8-10-16(11-9-15)22-12-4-5-13-22/h2-3,6-11,14H,4-5,12-13H2,1H3,(H,21,23)/t14-/m0/s1. The van der Waals surface area contributed by atoms with Crippen molar-refractivity contribution in [3.63, 3.8) is 0 Å². The van der Waals surface area contributed by atoms with E-state index >= 15 is 0 Å². The van der Waals surface area contributed by atoms with Gasteiger partial charge in [-0.15, -0.1) is 0 Å². The molecule has 0 aromatic heterocycles. The zero-order valence-corrected chi connectivity index (χ0v) is 14.4. The number of nitrogens with one attached hydrogen (secondary N) is 1. The summed E-state index contributed by atoms with van der Waals surface area (Å²) in [6.45, 7) is 3.92. The molecule has 1 heterocycles. The lowest BCUT2D eigenvalue weighted by atomic mass is 10.2. The lowest BCUT2D eigenvalue weighted by Gasteiger charge is -2.18. The highest BCUT2D eigenvalue weighted by Gasteiger charge is 2.17.